The summed E-state index contributed by atoms with van der Waals surface area (Å²) in [6.45, 7) is 7.78. The molecule has 1 atom stereocenters. The minimum Gasteiger partial charge on any atom is -0.494 e. The van der Waals surface area contributed by atoms with E-state index in [9.17, 15) is 0 Å². The minimum absolute atomic E-state index is 0.385. The van der Waals surface area contributed by atoms with Crippen LogP contribution in [0.5, 0.6) is 5.75 Å². The van der Waals surface area contributed by atoms with Gasteiger partial charge in [0, 0.05) is 23.0 Å². The van der Waals surface area contributed by atoms with Crippen molar-refractivity contribution >= 4 is 10.9 Å². The van der Waals surface area contributed by atoms with Crippen LogP contribution in [-0.2, 0) is 0 Å². The van der Waals surface area contributed by atoms with Crippen molar-refractivity contribution in [2.75, 3.05) is 13.2 Å². The van der Waals surface area contributed by atoms with E-state index in [1.807, 2.05) is 13.0 Å². The first-order chi connectivity index (χ1) is 8.67. The number of hydrogen-bond acceptors (Lipinski definition) is 2. The maximum atomic E-state index is 5.91. The van der Waals surface area contributed by atoms with Gasteiger partial charge in [0.05, 0.1) is 6.61 Å². The van der Waals surface area contributed by atoms with E-state index in [1.54, 1.807) is 0 Å². The molecule has 2 rings (SSSR count). The third kappa shape index (κ3) is 2.36. The number of aromatic amines is 1. The molecule has 0 bridgehead atoms. The van der Waals surface area contributed by atoms with Gasteiger partial charge in [-0.2, -0.15) is 0 Å². The van der Waals surface area contributed by atoms with Gasteiger partial charge in [-0.1, -0.05) is 13.8 Å². The molecule has 0 aliphatic carbocycles. The van der Waals surface area contributed by atoms with Gasteiger partial charge in [-0.25, -0.2) is 0 Å². The molecule has 3 nitrogen and oxygen atoms in total. The summed E-state index contributed by atoms with van der Waals surface area (Å²) in [6.07, 6.45) is 2.08. The first kappa shape index (κ1) is 13.0. The van der Waals surface area contributed by atoms with Crippen molar-refractivity contribution in [3.05, 3.63) is 30.0 Å². The van der Waals surface area contributed by atoms with Crippen LogP contribution in [0.1, 0.15) is 32.3 Å². The summed E-state index contributed by atoms with van der Waals surface area (Å²) in [4.78, 5) is 3.32. The molecule has 1 aromatic heterocycles. The van der Waals surface area contributed by atoms with Crippen molar-refractivity contribution in [3.8, 4) is 5.75 Å². The van der Waals surface area contributed by atoms with Crippen molar-refractivity contribution in [3.63, 3.8) is 0 Å². The normalized spacial score (nSPS) is 13.2. The number of nitrogens with one attached hydrogen (secondary N) is 1. The predicted octanol–water partition coefficient (Wildman–Crippen LogP) is 3.26. The van der Waals surface area contributed by atoms with Gasteiger partial charge in [0.2, 0.25) is 0 Å². The molecule has 98 valence electrons. The minimum atomic E-state index is 0.385. The summed E-state index contributed by atoms with van der Waals surface area (Å²) in [6, 6.07) is 6.17. The maximum absolute atomic E-state index is 5.91. The van der Waals surface area contributed by atoms with Gasteiger partial charge in [0.1, 0.15) is 5.75 Å². The van der Waals surface area contributed by atoms with Crippen LogP contribution in [0, 0.1) is 5.92 Å². The molecule has 0 radical (unpaired) electrons. The molecule has 0 spiro atoms. The van der Waals surface area contributed by atoms with Gasteiger partial charge < -0.3 is 15.5 Å². The van der Waals surface area contributed by atoms with Gasteiger partial charge in [-0.05, 0) is 43.1 Å². The first-order valence-corrected chi connectivity index (χ1v) is 6.61. The Labute approximate surface area is 108 Å². The van der Waals surface area contributed by atoms with Crippen molar-refractivity contribution in [1.82, 2.24) is 4.98 Å². The summed E-state index contributed by atoms with van der Waals surface area (Å²) in [7, 11) is 0. The summed E-state index contributed by atoms with van der Waals surface area (Å²) in [5, 5.41) is 1.23. The topological polar surface area (TPSA) is 51.0 Å². The van der Waals surface area contributed by atoms with Crippen LogP contribution in [0.25, 0.3) is 10.9 Å². The Kier molecular flexibility index (Phi) is 3.92. The molecule has 3 N–H and O–H groups in total. The standard InChI is InChI=1S/C15H22N2O/c1-4-18-11-5-6-15-12(7-11)14(9-17-15)13(8-16)10(2)3/h5-7,9-10,13,17H,4,8,16H2,1-3H3. The van der Waals surface area contributed by atoms with E-state index >= 15 is 0 Å². The monoisotopic (exact) mass is 246 g/mol. The SMILES string of the molecule is CCOc1ccc2[nH]cc(C(CN)C(C)C)c2c1. The molecule has 3 heteroatoms. The highest BCUT2D eigenvalue weighted by Gasteiger charge is 2.18. The van der Waals surface area contributed by atoms with Gasteiger partial charge in [-0.3, -0.25) is 0 Å². The Morgan fingerprint density at radius 3 is 2.72 bits per heavy atom. The largest absolute Gasteiger partial charge is 0.494 e. The Morgan fingerprint density at radius 1 is 1.33 bits per heavy atom. The number of ether oxygens (including phenoxy) is 1. The Balaban J connectivity index is 2.47. The molecule has 1 heterocycles. The second-order valence-corrected chi connectivity index (χ2v) is 4.97. The number of rotatable bonds is 5. The lowest BCUT2D eigenvalue weighted by molar-refractivity contribution is 0.340. The lowest BCUT2D eigenvalue weighted by atomic mass is 9.88. The first-order valence-electron chi connectivity index (χ1n) is 6.61. The molecule has 0 saturated heterocycles. The second-order valence-electron chi connectivity index (χ2n) is 4.97. The third-order valence-corrected chi connectivity index (χ3v) is 3.45. The average molecular weight is 246 g/mol. The third-order valence-electron chi connectivity index (χ3n) is 3.45. The molecule has 2 aromatic rings. The Hall–Kier alpha value is -1.48. The summed E-state index contributed by atoms with van der Waals surface area (Å²) >= 11 is 0. The van der Waals surface area contributed by atoms with E-state index in [0.29, 0.717) is 25.0 Å². The Bertz CT molecular complexity index is 516. The zero-order valence-electron chi connectivity index (χ0n) is 11.4. The number of fused-ring (bicyclic) bond motifs is 1. The van der Waals surface area contributed by atoms with Crippen molar-refractivity contribution in [2.24, 2.45) is 11.7 Å². The van der Waals surface area contributed by atoms with Crippen molar-refractivity contribution < 1.29 is 4.74 Å². The van der Waals surface area contributed by atoms with E-state index in [0.717, 1.165) is 11.3 Å². The highest BCUT2D eigenvalue weighted by atomic mass is 16.5. The second kappa shape index (κ2) is 5.44. The highest BCUT2D eigenvalue weighted by Crippen LogP contribution is 2.32. The average Bonchev–Trinajstić information content (AvgIpc) is 2.74. The van der Waals surface area contributed by atoms with E-state index in [-0.39, 0.29) is 0 Å². The van der Waals surface area contributed by atoms with Gasteiger partial charge in [0.15, 0.2) is 0 Å². The Morgan fingerprint density at radius 2 is 2.11 bits per heavy atom. The molecule has 0 fully saturated rings. The molecule has 0 saturated carbocycles. The van der Waals surface area contributed by atoms with Crippen LogP contribution in [0.4, 0.5) is 0 Å². The van der Waals surface area contributed by atoms with E-state index in [1.165, 1.54) is 10.9 Å². The van der Waals surface area contributed by atoms with E-state index < -0.39 is 0 Å². The number of benzene rings is 1. The number of H-pyrrole nitrogens is 1. The highest BCUT2D eigenvalue weighted by molar-refractivity contribution is 5.85. The zero-order chi connectivity index (χ0) is 13.1. The van der Waals surface area contributed by atoms with Crippen molar-refractivity contribution in [2.45, 2.75) is 26.7 Å². The van der Waals surface area contributed by atoms with Crippen LogP contribution in [0.15, 0.2) is 24.4 Å². The van der Waals surface area contributed by atoms with E-state index in [2.05, 4.69) is 37.2 Å². The van der Waals surface area contributed by atoms with Gasteiger partial charge in [0.25, 0.3) is 0 Å². The molecule has 18 heavy (non-hydrogen) atoms. The molecule has 0 amide bonds. The van der Waals surface area contributed by atoms with Crippen LogP contribution in [0.3, 0.4) is 0 Å². The zero-order valence-corrected chi connectivity index (χ0v) is 11.4. The number of hydrogen-bond donors (Lipinski definition) is 2. The van der Waals surface area contributed by atoms with Gasteiger partial charge >= 0.3 is 0 Å². The van der Waals surface area contributed by atoms with Crippen molar-refractivity contribution in [1.29, 1.82) is 0 Å². The summed E-state index contributed by atoms with van der Waals surface area (Å²) in [5.74, 6) is 1.84. The quantitative estimate of drug-likeness (QED) is 0.850. The molecular weight excluding hydrogens is 224 g/mol. The molecule has 0 aliphatic heterocycles. The lowest BCUT2D eigenvalue weighted by Gasteiger charge is -2.18. The fourth-order valence-corrected chi connectivity index (χ4v) is 2.44. The summed E-state index contributed by atoms with van der Waals surface area (Å²) < 4.78 is 5.57. The van der Waals surface area contributed by atoms with Gasteiger partial charge in [-0.15, -0.1) is 0 Å². The fraction of sp³-hybridized carbons (Fsp3) is 0.467. The van der Waals surface area contributed by atoms with Crippen LogP contribution in [0.2, 0.25) is 0 Å². The molecule has 1 unspecified atom stereocenters. The van der Waals surface area contributed by atoms with Crippen LogP contribution >= 0.6 is 0 Å². The molecule has 0 aliphatic rings. The molecular formula is C15H22N2O. The van der Waals surface area contributed by atoms with Crippen LogP contribution in [-0.4, -0.2) is 18.1 Å². The summed E-state index contributed by atoms with van der Waals surface area (Å²) in [5.41, 5.74) is 8.35. The lowest BCUT2D eigenvalue weighted by Crippen LogP contribution is -2.17. The maximum Gasteiger partial charge on any atom is 0.120 e. The smallest absolute Gasteiger partial charge is 0.120 e. The molecule has 1 aromatic carbocycles. The number of nitrogens with two attached hydrogens (primary N) is 1. The van der Waals surface area contributed by atoms with E-state index in [4.69, 9.17) is 10.5 Å². The fourth-order valence-electron chi connectivity index (χ4n) is 2.44. The van der Waals surface area contributed by atoms with Crippen LogP contribution < -0.4 is 10.5 Å². The predicted molar refractivity (Wildman–Crippen MR) is 76.1 cm³/mol. The number of aromatic nitrogens is 1.